The minimum absolute atomic E-state index is 0.0469. The fraction of sp³-hybridized carbons (Fsp3) is 0.250. The standard InChI is InChI=1S/C20H20N2O5S/c23-20(8-6-15-5-7-18-19(13-15)27-14-26-18)21-10-12-28(24,25)22-11-9-16-3-1-2-4-17(16)22/h1-8,13H,9-12,14H2,(H,21,23)/b8-6-. The number of ether oxygens (including phenoxy) is 2. The number of hydrogen-bond donors (Lipinski definition) is 1. The highest BCUT2D eigenvalue weighted by Gasteiger charge is 2.28. The number of amides is 1. The van der Waals surface area contributed by atoms with Gasteiger partial charge in [0.2, 0.25) is 22.7 Å². The van der Waals surface area contributed by atoms with Gasteiger partial charge in [-0.15, -0.1) is 0 Å². The maximum absolute atomic E-state index is 12.6. The topological polar surface area (TPSA) is 84.9 Å². The third-order valence-corrected chi connectivity index (χ3v) is 6.43. The molecule has 0 unspecified atom stereocenters. The second kappa shape index (κ2) is 7.55. The van der Waals surface area contributed by atoms with Crippen LogP contribution in [0.2, 0.25) is 0 Å². The lowest BCUT2D eigenvalue weighted by Crippen LogP contribution is -2.36. The summed E-state index contributed by atoms with van der Waals surface area (Å²) in [4.78, 5) is 12.0. The number of benzene rings is 2. The van der Waals surface area contributed by atoms with E-state index >= 15 is 0 Å². The first-order chi connectivity index (χ1) is 13.5. The van der Waals surface area contributed by atoms with E-state index < -0.39 is 10.0 Å². The number of carbonyl (C=O) groups excluding carboxylic acids is 1. The van der Waals surface area contributed by atoms with E-state index in [9.17, 15) is 13.2 Å². The van der Waals surface area contributed by atoms with E-state index in [2.05, 4.69) is 5.32 Å². The van der Waals surface area contributed by atoms with E-state index in [1.54, 1.807) is 18.2 Å². The summed E-state index contributed by atoms with van der Waals surface area (Å²) >= 11 is 0. The number of rotatable bonds is 6. The third kappa shape index (κ3) is 3.82. The van der Waals surface area contributed by atoms with Gasteiger partial charge < -0.3 is 14.8 Å². The molecule has 2 aromatic rings. The van der Waals surface area contributed by atoms with Gasteiger partial charge in [-0.25, -0.2) is 8.42 Å². The minimum atomic E-state index is -3.48. The van der Waals surface area contributed by atoms with E-state index in [1.165, 1.54) is 10.4 Å². The van der Waals surface area contributed by atoms with E-state index in [0.717, 1.165) is 16.8 Å². The van der Waals surface area contributed by atoms with Crippen LogP contribution in [0, 0.1) is 0 Å². The van der Waals surface area contributed by atoms with Gasteiger partial charge in [0.05, 0.1) is 11.4 Å². The monoisotopic (exact) mass is 400 g/mol. The van der Waals surface area contributed by atoms with Crippen molar-refractivity contribution in [1.82, 2.24) is 5.32 Å². The molecule has 0 radical (unpaired) electrons. The quantitative estimate of drug-likeness (QED) is 0.749. The predicted octanol–water partition coefficient (Wildman–Crippen LogP) is 1.94. The van der Waals surface area contributed by atoms with Gasteiger partial charge in [0.25, 0.3) is 0 Å². The first kappa shape index (κ1) is 18.4. The second-order valence-electron chi connectivity index (χ2n) is 6.50. The van der Waals surface area contributed by atoms with E-state index in [0.29, 0.717) is 24.5 Å². The second-order valence-corrected chi connectivity index (χ2v) is 8.52. The number of anilines is 1. The number of hydrogen-bond acceptors (Lipinski definition) is 5. The molecule has 1 N–H and O–H groups in total. The van der Waals surface area contributed by atoms with Gasteiger partial charge in [0, 0.05) is 19.2 Å². The molecule has 2 aliphatic heterocycles. The Morgan fingerprint density at radius 2 is 1.96 bits per heavy atom. The van der Waals surface area contributed by atoms with Crippen LogP contribution in [0.3, 0.4) is 0 Å². The van der Waals surface area contributed by atoms with E-state index in [1.807, 2.05) is 30.3 Å². The molecule has 2 heterocycles. The zero-order chi connectivity index (χ0) is 19.6. The lowest BCUT2D eigenvalue weighted by atomic mass is 10.2. The Labute approximate surface area is 163 Å². The van der Waals surface area contributed by atoms with Crippen molar-refractivity contribution in [3.05, 3.63) is 59.7 Å². The molecule has 0 atom stereocenters. The average molecular weight is 400 g/mol. The lowest BCUT2D eigenvalue weighted by Gasteiger charge is -2.19. The Kier molecular flexibility index (Phi) is 4.95. The van der Waals surface area contributed by atoms with Crippen molar-refractivity contribution in [2.75, 3.05) is 29.9 Å². The van der Waals surface area contributed by atoms with Gasteiger partial charge in [0.1, 0.15) is 0 Å². The van der Waals surface area contributed by atoms with Crippen LogP contribution in [0.1, 0.15) is 11.1 Å². The Morgan fingerprint density at radius 1 is 1.14 bits per heavy atom. The molecular weight excluding hydrogens is 380 g/mol. The van der Waals surface area contributed by atoms with Crippen LogP contribution >= 0.6 is 0 Å². The number of nitrogens with one attached hydrogen (secondary N) is 1. The maximum atomic E-state index is 12.6. The highest BCUT2D eigenvalue weighted by Crippen LogP contribution is 2.33. The first-order valence-electron chi connectivity index (χ1n) is 8.97. The fourth-order valence-corrected chi connectivity index (χ4v) is 4.69. The third-order valence-electron chi connectivity index (χ3n) is 4.66. The van der Waals surface area contributed by atoms with E-state index in [-0.39, 0.29) is 25.0 Å². The number of sulfonamides is 1. The molecule has 4 rings (SSSR count). The molecule has 0 aromatic heterocycles. The lowest BCUT2D eigenvalue weighted by molar-refractivity contribution is -0.116. The summed E-state index contributed by atoms with van der Waals surface area (Å²) in [5.41, 5.74) is 2.55. The van der Waals surface area contributed by atoms with Gasteiger partial charge >= 0.3 is 0 Å². The summed E-state index contributed by atoms with van der Waals surface area (Å²) in [7, 11) is -3.48. The van der Waals surface area contributed by atoms with Crippen molar-refractivity contribution < 1.29 is 22.7 Å². The Bertz CT molecular complexity index is 1030. The molecule has 0 saturated carbocycles. The van der Waals surface area contributed by atoms with Crippen LogP contribution < -0.4 is 19.1 Å². The summed E-state index contributed by atoms with van der Waals surface area (Å²) in [6.45, 7) is 0.684. The molecule has 0 aliphatic carbocycles. The summed E-state index contributed by atoms with van der Waals surface area (Å²) in [6.07, 6.45) is 3.72. The molecule has 7 nitrogen and oxygen atoms in total. The molecule has 1 amide bonds. The van der Waals surface area contributed by atoms with Gasteiger partial charge in [-0.3, -0.25) is 9.10 Å². The number of nitrogens with zero attached hydrogens (tertiary/aromatic N) is 1. The summed E-state index contributed by atoms with van der Waals surface area (Å²) in [5.74, 6) is 0.815. The smallest absolute Gasteiger partial charge is 0.244 e. The van der Waals surface area contributed by atoms with Crippen LogP contribution in [0.4, 0.5) is 5.69 Å². The van der Waals surface area contributed by atoms with Crippen LogP contribution in [0.15, 0.2) is 48.5 Å². The summed E-state index contributed by atoms with van der Waals surface area (Å²) in [5, 5.41) is 2.62. The van der Waals surface area contributed by atoms with E-state index in [4.69, 9.17) is 9.47 Å². The molecule has 0 spiro atoms. The zero-order valence-electron chi connectivity index (χ0n) is 15.1. The van der Waals surface area contributed by atoms with Gasteiger partial charge in [-0.2, -0.15) is 0 Å². The Hall–Kier alpha value is -3.00. The van der Waals surface area contributed by atoms with Crippen LogP contribution in [-0.4, -0.2) is 40.0 Å². The van der Waals surface area contributed by atoms with Crippen molar-refractivity contribution in [2.45, 2.75) is 6.42 Å². The predicted molar refractivity (Wildman–Crippen MR) is 106 cm³/mol. The maximum Gasteiger partial charge on any atom is 0.244 e. The molecule has 2 aliphatic rings. The molecular formula is C20H20N2O5S. The van der Waals surface area contributed by atoms with Crippen molar-refractivity contribution in [2.24, 2.45) is 0 Å². The first-order valence-corrected chi connectivity index (χ1v) is 10.6. The van der Waals surface area contributed by atoms with Crippen LogP contribution in [-0.2, 0) is 21.2 Å². The van der Waals surface area contributed by atoms with Gasteiger partial charge in [-0.05, 0) is 41.8 Å². The number of para-hydroxylation sites is 1. The minimum Gasteiger partial charge on any atom is -0.454 e. The normalized spacial score (nSPS) is 15.1. The molecule has 0 fully saturated rings. The van der Waals surface area contributed by atoms with Gasteiger partial charge in [-0.1, -0.05) is 24.3 Å². The fourth-order valence-electron chi connectivity index (χ4n) is 3.26. The van der Waals surface area contributed by atoms with Gasteiger partial charge in [0.15, 0.2) is 11.5 Å². The summed E-state index contributed by atoms with van der Waals surface area (Å²) < 4.78 is 37.2. The number of fused-ring (bicyclic) bond motifs is 2. The molecule has 2 aromatic carbocycles. The highest BCUT2D eigenvalue weighted by atomic mass is 32.2. The van der Waals surface area contributed by atoms with Crippen molar-refractivity contribution >= 4 is 27.7 Å². The SMILES string of the molecule is O=C(/C=C\c1ccc2c(c1)OCO2)NCCS(=O)(=O)N1CCc2ccccc21. The van der Waals surface area contributed by atoms with Crippen LogP contribution in [0.25, 0.3) is 6.08 Å². The Morgan fingerprint density at radius 3 is 2.86 bits per heavy atom. The molecule has 0 bridgehead atoms. The largest absolute Gasteiger partial charge is 0.454 e. The highest BCUT2D eigenvalue weighted by molar-refractivity contribution is 7.92. The number of carbonyl (C=O) groups is 1. The molecule has 0 saturated heterocycles. The Balaban J connectivity index is 1.30. The molecule has 28 heavy (non-hydrogen) atoms. The average Bonchev–Trinajstić information content (AvgIpc) is 3.32. The van der Waals surface area contributed by atoms with Crippen molar-refractivity contribution in [1.29, 1.82) is 0 Å². The molecule has 8 heteroatoms. The zero-order valence-corrected chi connectivity index (χ0v) is 15.9. The summed E-state index contributed by atoms with van der Waals surface area (Å²) in [6, 6.07) is 12.9. The van der Waals surface area contributed by atoms with Crippen molar-refractivity contribution in [3.63, 3.8) is 0 Å². The molecule has 146 valence electrons. The van der Waals surface area contributed by atoms with Crippen molar-refractivity contribution in [3.8, 4) is 11.5 Å². The van der Waals surface area contributed by atoms with Crippen LogP contribution in [0.5, 0.6) is 11.5 Å².